The molecule has 1 aliphatic heterocycles. The third-order valence-electron chi connectivity index (χ3n) is 3.52. The molecular weight excluding hydrogens is 454 g/mol. The molecule has 10 heteroatoms. The molecule has 0 saturated carbocycles. The molecule has 0 atom stereocenters. The van der Waals surface area contributed by atoms with Crippen molar-refractivity contribution < 1.29 is 14.5 Å². The minimum atomic E-state index is -0.788. The average Bonchev–Trinajstić information content (AvgIpc) is 2.91. The molecule has 1 fully saturated rings. The zero-order valence-electron chi connectivity index (χ0n) is 13.4. The highest BCUT2D eigenvalue weighted by Gasteiger charge is 2.34. The summed E-state index contributed by atoms with van der Waals surface area (Å²) in [5, 5.41) is 12.0. The van der Waals surface area contributed by atoms with Gasteiger partial charge in [-0.15, -0.1) is 0 Å². The molecule has 0 aliphatic carbocycles. The molecule has 0 unspecified atom stereocenters. The fourth-order valence-electron chi connectivity index (χ4n) is 2.26. The predicted molar refractivity (Wildman–Crippen MR) is 110 cm³/mol. The zero-order chi connectivity index (χ0) is 19.6. The Labute approximate surface area is 171 Å². The normalized spacial score (nSPS) is 15.3. The van der Waals surface area contributed by atoms with Crippen LogP contribution < -0.4 is 5.43 Å². The largest absolute Gasteiger partial charge is 0.285 e. The van der Waals surface area contributed by atoms with E-state index in [1.54, 1.807) is 6.08 Å². The van der Waals surface area contributed by atoms with Crippen molar-refractivity contribution in [1.82, 2.24) is 10.4 Å². The van der Waals surface area contributed by atoms with Crippen LogP contribution in [-0.2, 0) is 4.79 Å². The molecule has 1 heterocycles. The number of rotatable bonds is 4. The minimum Gasteiger partial charge on any atom is -0.267 e. The maximum Gasteiger partial charge on any atom is 0.285 e. The Balaban J connectivity index is 1.81. The number of nitrogens with one attached hydrogen (secondary N) is 1. The molecule has 136 valence electrons. The van der Waals surface area contributed by atoms with Crippen LogP contribution in [-0.4, -0.2) is 26.1 Å². The second-order valence-corrected chi connectivity index (χ2v) is 7.88. The average molecular weight is 464 g/mol. The number of carbonyl (C=O) groups excluding carboxylic acids is 2. The maximum absolute atomic E-state index is 12.6. The molecule has 0 radical (unpaired) electrons. The number of hydrazine groups is 1. The lowest BCUT2D eigenvalue weighted by Crippen LogP contribution is -2.45. The summed E-state index contributed by atoms with van der Waals surface area (Å²) in [6, 6.07) is 12.8. The van der Waals surface area contributed by atoms with Crippen LogP contribution in [0.1, 0.15) is 15.9 Å². The van der Waals surface area contributed by atoms with Crippen LogP contribution in [0.5, 0.6) is 0 Å². The molecule has 27 heavy (non-hydrogen) atoms. The maximum atomic E-state index is 12.6. The number of para-hydroxylation sites is 1. The smallest absolute Gasteiger partial charge is 0.267 e. The van der Waals surface area contributed by atoms with E-state index in [2.05, 4.69) is 21.4 Å². The summed E-state index contributed by atoms with van der Waals surface area (Å²) in [5.74, 6) is -1.29. The van der Waals surface area contributed by atoms with Crippen LogP contribution in [0.25, 0.3) is 6.08 Å². The van der Waals surface area contributed by atoms with Gasteiger partial charge in [0.15, 0.2) is 4.32 Å². The number of carbonyl (C=O) groups is 2. The third-order valence-corrected chi connectivity index (χ3v) is 5.35. The van der Waals surface area contributed by atoms with Gasteiger partial charge in [0.1, 0.15) is 5.56 Å². The van der Waals surface area contributed by atoms with E-state index in [-0.39, 0.29) is 15.6 Å². The SMILES string of the molecule is O=C(NN1C(=O)C(=Cc2ccc(Br)cc2)SC1=S)c1ccccc1[N+](=O)[O-]. The van der Waals surface area contributed by atoms with E-state index >= 15 is 0 Å². The van der Waals surface area contributed by atoms with Crippen molar-refractivity contribution in [1.29, 1.82) is 0 Å². The number of thioether (sulfide) groups is 1. The van der Waals surface area contributed by atoms with E-state index < -0.39 is 16.7 Å². The summed E-state index contributed by atoms with van der Waals surface area (Å²) in [4.78, 5) is 35.7. The highest BCUT2D eigenvalue weighted by Crippen LogP contribution is 2.32. The molecule has 2 amide bonds. The molecule has 1 aliphatic rings. The van der Waals surface area contributed by atoms with Crippen molar-refractivity contribution in [2.24, 2.45) is 0 Å². The molecule has 2 aromatic carbocycles. The number of benzene rings is 2. The fraction of sp³-hybridized carbons (Fsp3) is 0. The summed E-state index contributed by atoms with van der Waals surface area (Å²) in [6.07, 6.45) is 1.66. The zero-order valence-corrected chi connectivity index (χ0v) is 16.6. The van der Waals surface area contributed by atoms with Gasteiger partial charge in [0.2, 0.25) is 0 Å². The van der Waals surface area contributed by atoms with Crippen LogP contribution in [0.4, 0.5) is 5.69 Å². The topological polar surface area (TPSA) is 92.6 Å². The van der Waals surface area contributed by atoms with Crippen LogP contribution in [0, 0.1) is 10.1 Å². The van der Waals surface area contributed by atoms with Gasteiger partial charge in [0.25, 0.3) is 17.5 Å². The van der Waals surface area contributed by atoms with Gasteiger partial charge in [-0.2, -0.15) is 5.01 Å². The van der Waals surface area contributed by atoms with Crippen molar-refractivity contribution in [3.05, 3.63) is 79.2 Å². The van der Waals surface area contributed by atoms with Gasteiger partial charge in [-0.1, -0.05) is 52.0 Å². The van der Waals surface area contributed by atoms with E-state index in [1.165, 1.54) is 24.3 Å². The van der Waals surface area contributed by atoms with Crippen molar-refractivity contribution in [2.45, 2.75) is 0 Å². The van der Waals surface area contributed by atoms with Gasteiger partial charge in [0, 0.05) is 10.5 Å². The van der Waals surface area contributed by atoms with Crippen molar-refractivity contribution in [2.75, 3.05) is 0 Å². The quantitative estimate of drug-likeness (QED) is 0.319. The predicted octanol–water partition coefficient (Wildman–Crippen LogP) is 3.90. The van der Waals surface area contributed by atoms with Gasteiger partial charge in [0.05, 0.1) is 9.83 Å². The number of thiocarbonyl (C=S) groups is 1. The molecule has 1 N–H and O–H groups in total. The Morgan fingerprint density at radius 2 is 1.89 bits per heavy atom. The monoisotopic (exact) mass is 463 g/mol. The van der Waals surface area contributed by atoms with Gasteiger partial charge in [-0.3, -0.25) is 25.1 Å². The van der Waals surface area contributed by atoms with E-state index in [0.717, 1.165) is 26.8 Å². The summed E-state index contributed by atoms with van der Waals surface area (Å²) in [7, 11) is 0. The molecule has 0 aromatic heterocycles. The number of nitro benzene ring substituents is 1. The first-order valence-corrected chi connectivity index (χ1v) is 9.46. The Hall–Kier alpha value is -2.56. The van der Waals surface area contributed by atoms with Gasteiger partial charge in [-0.05, 0) is 42.1 Å². The van der Waals surface area contributed by atoms with Gasteiger partial charge < -0.3 is 0 Å². The van der Waals surface area contributed by atoms with Crippen molar-refractivity contribution in [3.8, 4) is 0 Å². The van der Waals surface area contributed by atoms with Crippen LogP contribution in [0.15, 0.2) is 57.9 Å². The second-order valence-electron chi connectivity index (χ2n) is 5.28. The molecule has 7 nitrogen and oxygen atoms in total. The highest BCUT2D eigenvalue weighted by molar-refractivity contribution is 9.10. The van der Waals surface area contributed by atoms with Crippen LogP contribution in [0.2, 0.25) is 0 Å². The lowest BCUT2D eigenvalue weighted by Gasteiger charge is -2.15. The van der Waals surface area contributed by atoms with E-state index in [1.807, 2.05) is 24.3 Å². The Kier molecular flexibility index (Phi) is 5.68. The lowest BCUT2D eigenvalue weighted by molar-refractivity contribution is -0.385. The molecule has 0 bridgehead atoms. The Morgan fingerprint density at radius 1 is 1.22 bits per heavy atom. The van der Waals surface area contributed by atoms with Crippen LogP contribution >= 0.6 is 39.9 Å². The molecule has 1 saturated heterocycles. The first-order chi connectivity index (χ1) is 12.9. The Bertz CT molecular complexity index is 992. The minimum absolute atomic E-state index is 0.135. The first kappa shape index (κ1) is 19.2. The molecular formula is C17H10BrN3O4S2. The van der Waals surface area contributed by atoms with E-state index in [0.29, 0.717) is 4.91 Å². The fourth-order valence-corrected chi connectivity index (χ4v) is 3.70. The summed E-state index contributed by atoms with van der Waals surface area (Å²) >= 11 is 9.53. The summed E-state index contributed by atoms with van der Waals surface area (Å²) in [6.45, 7) is 0. The lowest BCUT2D eigenvalue weighted by atomic mass is 10.2. The first-order valence-electron chi connectivity index (χ1n) is 7.45. The number of amides is 2. The molecule has 2 aromatic rings. The third kappa shape index (κ3) is 4.24. The number of hydrogen-bond donors (Lipinski definition) is 1. The molecule has 0 spiro atoms. The van der Waals surface area contributed by atoms with E-state index in [9.17, 15) is 19.7 Å². The van der Waals surface area contributed by atoms with Crippen molar-refractivity contribution >= 4 is 67.8 Å². The standard InChI is InChI=1S/C17H10BrN3O4S2/c18-11-7-5-10(6-8-11)9-14-16(23)20(17(26)27-14)19-15(22)12-3-1-2-4-13(12)21(24)25/h1-9H,(H,19,22). The highest BCUT2D eigenvalue weighted by atomic mass is 79.9. The van der Waals surface area contributed by atoms with Crippen LogP contribution in [0.3, 0.4) is 0 Å². The molecule has 3 rings (SSSR count). The Morgan fingerprint density at radius 3 is 2.56 bits per heavy atom. The van der Waals surface area contributed by atoms with E-state index in [4.69, 9.17) is 12.2 Å². The number of nitrogens with zero attached hydrogens (tertiary/aromatic N) is 2. The second kappa shape index (κ2) is 7.99. The van der Waals surface area contributed by atoms with Crippen molar-refractivity contribution in [3.63, 3.8) is 0 Å². The number of nitro groups is 1. The number of hydrogen-bond acceptors (Lipinski definition) is 6. The van der Waals surface area contributed by atoms with Gasteiger partial charge in [-0.25, -0.2) is 0 Å². The summed E-state index contributed by atoms with van der Waals surface area (Å²) < 4.78 is 1.04. The van der Waals surface area contributed by atoms with Gasteiger partial charge >= 0.3 is 0 Å². The number of halogens is 1. The summed E-state index contributed by atoms with van der Waals surface area (Å²) in [5.41, 5.74) is 2.63.